The molecule has 0 spiro atoms. The van der Waals surface area contributed by atoms with Crippen LogP contribution in [0.5, 0.6) is 0 Å². The molecule has 0 aromatic heterocycles. The first kappa shape index (κ1) is 19.2. The standard InChI is InChI=1S/2C6H7.C2H5ClO.Zr/c2*1-6-4-2-3-5-6;1-2-4-3;/h2*2-5H,1H3;2H2,1H3;/q2*-1;;+2. The second-order valence-corrected chi connectivity index (χ2v) is 3.54. The fourth-order valence-electron chi connectivity index (χ4n) is 0.940. The van der Waals surface area contributed by atoms with Crippen molar-refractivity contribution in [1.29, 1.82) is 0 Å². The van der Waals surface area contributed by atoms with Crippen molar-refractivity contribution in [3.8, 4) is 0 Å². The zero-order valence-corrected chi connectivity index (χ0v) is 13.8. The molecule has 0 saturated carbocycles. The van der Waals surface area contributed by atoms with E-state index < -0.39 is 0 Å². The van der Waals surface area contributed by atoms with Gasteiger partial charge in [0.15, 0.2) is 0 Å². The van der Waals surface area contributed by atoms with E-state index in [4.69, 9.17) is 0 Å². The van der Waals surface area contributed by atoms with E-state index in [0.29, 0.717) is 6.61 Å². The van der Waals surface area contributed by atoms with Crippen molar-refractivity contribution in [2.45, 2.75) is 20.8 Å². The average molecular weight is 330 g/mol. The largest absolute Gasteiger partial charge is 2.00 e. The molecular weight excluding hydrogens is 311 g/mol. The molecule has 0 atom stereocenters. The number of aryl methyl sites for hydroxylation is 2. The first-order chi connectivity index (χ1) is 7.70. The summed E-state index contributed by atoms with van der Waals surface area (Å²) in [6, 6.07) is 16.5. The third kappa shape index (κ3) is 13.8. The molecule has 0 unspecified atom stereocenters. The van der Waals surface area contributed by atoms with Gasteiger partial charge in [0.2, 0.25) is 0 Å². The normalized spacial score (nSPS) is 8.00. The molecule has 0 saturated heterocycles. The molecule has 2 rings (SSSR count). The van der Waals surface area contributed by atoms with E-state index in [-0.39, 0.29) is 26.2 Å². The Morgan fingerprint density at radius 1 is 0.882 bits per heavy atom. The van der Waals surface area contributed by atoms with Gasteiger partial charge in [-0.25, -0.2) is 24.3 Å². The maximum Gasteiger partial charge on any atom is 2.00 e. The molecule has 0 bridgehead atoms. The van der Waals surface area contributed by atoms with Crippen molar-refractivity contribution in [3.63, 3.8) is 0 Å². The molecule has 2 aromatic carbocycles. The van der Waals surface area contributed by atoms with Crippen LogP contribution in [0, 0.1) is 13.8 Å². The van der Waals surface area contributed by atoms with Crippen LogP contribution in [0.4, 0.5) is 0 Å². The van der Waals surface area contributed by atoms with Gasteiger partial charge in [-0.3, -0.25) is 4.29 Å². The van der Waals surface area contributed by atoms with Gasteiger partial charge in [0, 0.05) is 0 Å². The van der Waals surface area contributed by atoms with Crippen molar-refractivity contribution in [3.05, 3.63) is 59.7 Å². The van der Waals surface area contributed by atoms with Gasteiger partial charge in [-0.05, 0) is 6.92 Å². The molecule has 17 heavy (non-hydrogen) atoms. The van der Waals surface area contributed by atoms with Crippen LogP contribution in [-0.4, -0.2) is 6.61 Å². The van der Waals surface area contributed by atoms with Crippen molar-refractivity contribution in [1.82, 2.24) is 0 Å². The fourth-order valence-corrected chi connectivity index (χ4v) is 0.940. The van der Waals surface area contributed by atoms with Gasteiger partial charge in [-0.2, -0.15) is 35.4 Å². The van der Waals surface area contributed by atoms with Crippen molar-refractivity contribution >= 4 is 11.9 Å². The molecule has 0 aliphatic rings. The van der Waals surface area contributed by atoms with E-state index in [0.717, 1.165) is 0 Å². The maximum atomic E-state index is 4.69. The Hall–Kier alpha value is -0.167. The number of rotatable bonds is 1. The Balaban J connectivity index is 0. The molecule has 0 fully saturated rings. The van der Waals surface area contributed by atoms with Crippen LogP contribution >= 0.6 is 11.9 Å². The molecule has 3 heteroatoms. The van der Waals surface area contributed by atoms with E-state index in [9.17, 15) is 0 Å². The van der Waals surface area contributed by atoms with Crippen LogP contribution in [0.15, 0.2) is 48.5 Å². The van der Waals surface area contributed by atoms with Gasteiger partial charge in [0.25, 0.3) is 0 Å². The van der Waals surface area contributed by atoms with Gasteiger partial charge >= 0.3 is 26.2 Å². The van der Waals surface area contributed by atoms with Crippen LogP contribution in [0.1, 0.15) is 18.1 Å². The molecule has 0 amide bonds. The molecule has 1 nitrogen and oxygen atoms in total. The SMILES string of the molecule is CCOCl.C[c-]1cccc1.C[c-]1cccc1.[Zr+2]. The fraction of sp³-hybridized carbons (Fsp3) is 0.286. The first-order valence-corrected chi connectivity index (χ1v) is 5.61. The Bertz CT molecular complexity index is 280. The number of hydrogen-bond acceptors (Lipinski definition) is 1. The Morgan fingerprint density at radius 2 is 1.12 bits per heavy atom. The third-order valence-corrected chi connectivity index (χ3v) is 1.99. The Kier molecular flexibility index (Phi) is 15.7. The minimum absolute atomic E-state index is 0. The summed E-state index contributed by atoms with van der Waals surface area (Å²) in [5.74, 6) is 0. The van der Waals surface area contributed by atoms with Gasteiger partial charge in [-0.15, -0.1) is 0 Å². The van der Waals surface area contributed by atoms with Crippen LogP contribution in [0.3, 0.4) is 0 Å². The predicted octanol–water partition coefficient (Wildman–Crippen LogP) is 4.60. The van der Waals surface area contributed by atoms with Crippen LogP contribution in [-0.2, 0) is 30.5 Å². The smallest absolute Gasteiger partial charge is 0.280 e. The predicted molar refractivity (Wildman–Crippen MR) is 71.0 cm³/mol. The van der Waals surface area contributed by atoms with Crippen molar-refractivity contribution in [2.24, 2.45) is 0 Å². The van der Waals surface area contributed by atoms with Crippen molar-refractivity contribution < 1.29 is 30.5 Å². The molecule has 0 N–H and O–H groups in total. The van der Waals surface area contributed by atoms with E-state index in [1.807, 2.05) is 31.2 Å². The zero-order valence-electron chi connectivity index (χ0n) is 10.6. The number of halogens is 1. The molecule has 0 radical (unpaired) electrons. The van der Waals surface area contributed by atoms with E-state index in [1.54, 1.807) is 0 Å². The van der Waals surface area contributed by atoms with E-state index in [2.05, 4.69) is 54.3 Å². The summed E-state index contributed by atoms with van der Waals surface area (Å²) in [6.45, 7) is 6.58. The summed E-state index contributed by atoms with van der Waals surface area (Å²) in [5, 5.41) is 0. The zero-order chi connectivity index (χ0) is 12.2. The minimum Gasteiger partial charge on any atom is -0.280 e. The van der Waals surface area contributed by atoms with Gasteiger partial charge in [0.1, 0.15) is 0 Å². The van der Waals surface area contributed by atoms with E-state index in [1.165, 1.54) is 11.1 Å². The first-order valence-electron chi connectivity index (χ1n) is 5.30. The minimum atomic E-state index is 0. The molecule has 2 aromatic rings. The molecule has 92 valence electrons. The van der Waals surface area contributed by atoms with Crippen LogP contribution in [0.2, 0.25) is 0 Å². The molecule has 0 heterocycles. The second-order valence-electron chi connectivity index (χ2n) is 3.32. The van der Waals surface area contributed by atoms with Crippen molar-refractivity contribution in [2.75, 3.05) is 6.61 Å². The number of hydrogen-bond donors (Lipinski definition) is 0. The Morgan fingerprint density at radius 3 is 1.18 bits per heavy atom. The third-order valence-electron chi connectivity index (χ3n) is 1.77. The summed E-state index contributed by atoms with van der Waals surface area (Å²) >= 11 is 4.69. The average Bonchev–Trinajstić information content (AvgIpc) is 2.93. The summed E-state index contributed by atoms with van der Waals surface area (Å²) in [4.78, 5) is 0. The summed E-state index contributed by atoms with van der Waals surface area (Å²) in [7, 11) is 0. The quantitative estimate of drug-likeness (QED) is 0.695. The molecular formula is C14H19ClOZr. The van der Waals surface area contributed by atoms with Gasteiger partial charge < -0.3 is 0 Å². The van der Waals surface area contributed by atoms with E-state index >= 15 is 0 Å². The monoisotopic (exact) mass is 328 g/mol. The summed E-state index contributed by atoms with van der Waals surface area (Å²) < 4.78 is 4.01. The molecule has 0 aliphatic carbocycles. The molecule has 0 aliphatic heterocycles. The summed E-state index contributed by atoms with van der Waals surface area (Å²) in [5.41, 5.74) is 2.69. The van der Waals surface area contributed by atoms with Crippen LogP contribution < -0.4 is 0 Å². The van der Waals surface area contributed by atoms with Gasteiger partial charge in [0.05, 0.1) is 18.5 Å². The van der Waals surface area contributed by atoms with Gasteiger partial charge in [-0.1, -0.05) is 13.8 Å². The summed E-state index contributed by atoms with van der Waals surface area (Å²) in [6.07, 6.45) is 0. The topological polar surface area (TPSA) is 9.23 Å². The van der Waals surface area contributed by atoms with Crippen LogP contribution in [0.25, 0.3) is 0 Å². The second kappa shape index (κ2) is 13.9. The Labute approximate surface area is 129 Å². The maximum absolute atomic E-state index is 4.69.